The summed E-state index contributed by atoms with van der Waals surface area (Å²) in [7, 11) is 0. The minimum atomic E-state index is -0.695. The summed E-state index contributed by atoms with van der Waals surface area (Å²) in [6, 6.07) is 0. The van der Waals surface area contributed by atoms with Gasteiger partial charge < -0.3 is 4.74 Å². The van der Waals surface area contributed by atoms with E-state index in [-0.39, 0.29) is 0 Å². The van der Waals surface area contributed by atoms with Crippen LogP contribution in [-0.4, -0.2) is 18.4 Å². The summed E-state index contributed by atoms with van der Waals surface area (Å²) in [5, 5.41) is 0. The number of hydrogen-bond donors (Lipinski definition) is 0. The third kappa shape index (κ3) is 6.26. The number of Topliss-reactive ketones (excluding diaryl/α,β-unsaturated/α-hetero) is 1. The van der Waals surface area contributed by atoms with Gasteiger partial charge in [-0.25, -0.2) is 4.79 Å². The first-order valence-corrected chi connectivity index (χ1v) is 5.61. The molecule has 0 fully saturated rings. The number of hydrogen-bond acceptors (Lipinski definition) is 3. The maximum absolute atomic E-state index is 11.4. The Bertz CT molecular complexity index is 213. The zero-order chi connectivity index (χ0) is 11.9. The van der Waals surface area contributed by atoms with E-state index in [0.717, 1.165) is 25.7 Å². The Labute approximate surface area is 92.2 Å². The Hall–Kier alpha value is -0.860. The van der Waals surface area contributed by atoms with Gasteiger partial charge in [0.1, 0.15) is 0 Å². The highest BCUT2D eigenvalue weighted by Crippen LogP contribution is 2.15. The molecule has 0 aliphatic carbocycles. The first kappa shape index (κ1) is 14.1. The second-order valence-electron chi connectivity index (χ2n) is 4.78. The fourth-order valence-corrected chi connectivity index (χ4v) is 1.07. The van der Waals surface area contributed by atoms with E-state index in [1.54, 1.807) is 20.8 Å². The fourth-order valence-electron chi connectivity index (χ4n) is 1.07. The van der Waals surface area contributed by atoms with Gasteiger partial charge in [0, 0.05) is 5.41 Å². The zero-order valence-corrected chi connectivity index (χ0v) is 10.3. The summed E-state index contributed by atoms with van der Waals surface area (Å²) in [4.78, 5) is 22.7. The van der Waals surface area contributed by atoms with Crippen LogP contribution >= 0.6 is 0 Å². The molecule has 3 nitrogen and oxygen atoms in total. The lowest BCUT2D eigenvalue weighted by Crippen LogP contribution is -2.30. The molecule has 0 spiro atoms. The molecule has 0 amide bonds. The molecule has 0 aliphatic heterocycles. The second kappa shape index (κ2) is 6.59. The molecule has 0 bridgehead atoms. The Morgan fingerprint density at radius 3 is 2.13 bits per heavy atom. The summed E-state index contributed by atoms with van der Waals surface area (Å²) in [6.07, 6.45) is 4.18. The third-order valence-corrected chi connectivity index (χ3v) is 2.10. The average Bonchev–Trinajstić information content (AvgIpc) is 2.14. The van der Waals surface area contributed by atoms with E-state index in [4.69, 9.17) is 4.74 Å². The predicted molar refractivity (Wildman–Crippen MR) is 59.6 cm³/mol. The molecule has 0 N–H and O–H groups in total. The molecular formula is C12H22O3. The largest absolute Gasteiger partial charge is 0.460 e. The summed E-state index contributed by atoms with van der Waals surface area (Å²) in [5.74, 6) is -1.14. The van der Waals surface area contributed by atoms with Crippen LogP contribution < -0.4 is 0 Å². The van der Waals surface area contributed by atoms with E-state index in [9.17, 15) is 9.59 Å². The molecule has 0 radical (unpaired) electrons. The molecule has 0 heterocycles. The van der Waals surface area contributed by atoms with Gasteiger partial charge >= 0.3 is 5.97 Å². The topological polar surface area (TPSA) is 43.4 Å². The molecule has 3 heteroatoms. The first-order valence-electron chi connectivity index (χ1n) is 5.61. The molecule has 0 aromatic rings. The Kier molecular flexibility index (Phi) is 6.21. The monoisotopic (exact) mass is 214 g/mol. The lowest BCUT2D eigenvalue weighted by Gasteiger charge is -2.14. The third-order valence-electron chi connectivity index (χ3n) is 2.10. The molecular weight excluding hydrogens is 192 g/mol. The summed E-state index contributed by atoms with van der Waals surface area (Å²) in [5.41, 5.74) is -0.638. The molecule has 0 rings (SSSR count). The summed E-state index contributed by atoms with van der Waals surface area (Å²) >= 11 is 0. The van der Waals surface area contributed by atoms with Crippen LogP contribution in [0.1, 0.15) is 53.4 Å². The van der Waals surface area contributed by atoms with Crippen molar-refractivity contribution < 1.29 is 14.3 Å². The molecule has 0 aliphatic rings. The van der Waals surface area contributed by atoms with E-state index >= 15 is 0 Å². The van der Waals surface area contributed by atoms with Crippen molar-refractivity contribution in [2.24, 2.45) is 5.41 Å². The molecule has 15 heavy (non-hydrogen) atoms. The van der Waals surface area contributed by atoms with Gasteiger partial charge in [-0.15, -0.1) is 0 Å². The van der Waals surface area contributed by atoms with Crippen molar-refractivity contribution in [3.63, 3.8) is 0 Å². The van der Waals surface area contributed by atoms with Gasteiger partial charge in [-0.1, -0.05) is 47.0 Å². The molecule has 0 unspecified atom stereocenters. The predicted octanol–water partition coefficient (Wildman–Crippen LogP) is 2.73. The van der Waals surface area contributed by atoms with Crippen LogP contribution in [-0.2, 0) is 14.3 Å². The van der Waals surface area contributed by atoms with Gasteiger partial charge in [-0.05, 0) is 6.42 Å². The average molecular weight is 214 g/mol. The van der Waals surface area contributed by atoms with Crippen molar-refractivity contribution in [1.29, 1.82) is 0 Å². The maximum Gasteiger partial charge on any atom is 0.375 e. The van der Waals surface area contributed by atoms with E-state index < -0.39 is 17.2 Å². The van der Waals surface area contributed by atoms with Gasteiger partial charge in [0.15, 0.2) is 0 Å². The molecule has 0 saturated heterocycles. The van der Waals surface area contributed by atoms with Crippen molar-refractivity contribution in [1.82, 2.24) is 0 Å². The molecule has 0 atom stereocenters. The Morgan fingerprint density at radius 1 is 1.07 bits per heavy atom. The van der Waals surface area contributed by atoms with E-state index in [1.807, 2.05) is 0 Å². The normalized spacial score (nSPS) is 11.2. The number of rotatable bonds is 6. The lowest BCUT2D eigenvalue weighted by atomic mass is 9.91. The van der Waals surface area contributed by atoms with E-state index in [0.29, 0.717) is 6.61 Å². The Balaban J connectivity index is 3.71. The van der Waals surface area contributed by atoms with Crippen LogP contribution in [0.2, 0.25) is 0 Å². The van der Waals surface area contributed by atoms with Crippen molar-refractivity contribution in [2.45, 2.75) is 53.4 Å². The quantitative estimate of drug-likeness (QED) is 0.388. The lowest BCUT2D eigenvalue weighted by molar-refractivity contribution is -0.157. The SMILES string of the molecule is CCCCCCOC(=O)C(=O)C(C)(C)C. The number of carbonyl (C=O) groups excluding carboxylic acids is 2. The zero-order valence-electron chi connectivity index (χ0n) is 10.3. The minimum absolute atomic E-state index is 0.362. The van der Waals surface area contributed by atoms with Crippen LogP contribution in [0.3, 0.4) is 0 Å². The highest BCUT2D eigenvalue weighted by Gasteiger charge is 2.29. The van der Waals surface area contributed by atoms with Crippen LogP contribution in [0.5, 0.6) is 0 Å². The maximum atomic E-state index is 11.4. The van der Waals surface area contributed by atoms with Gasteiger partial charge in [-0.2, -0.15) is 0 Å². The second-order valence-corrected chi connectivity index (χ2v) is 4.78. The van der Waals surface area contributed by atoms with E-state index in [2.05, 4.69) is 6.92 Å². The smallest absolute Gasteiger partial charge is 0.375 e. The summed E-state index contributed by atoms with van der Waals surface area (Å²) < 4.78 is 4.89. The number of esters is 1. The van der Waals surface area contributed by atoms with Crippen LogP contribution in [0.25, 0.3) is 0 Å². The van der Waals surface area contributed by atoms with Crippen molar-refractivity contribution in [2.75, 3.05) is 6.61 Å². The first-order chi connectivity index (χ1) is 6.89. The van der Waals surface area contributed by atoms with Crippen molar-refractivity contribution in [3.05, 3.63) is 0 Å². The summed E-state index contributed by atoms with van der Waals surface area (Å²) in [6.45, 7) is 7.63. The number of ether oxygens (including phenoxy) is 1. The van der Waals surface area contributed by atoms with Crippen molar-refractivity contribution >= 4 is 11.8 Å². The van der Waals surface area contributed by atoms with Gasteiger partial charge in [0.2, 0.25) is 5.78 Å². The Morgan fingerprint density at radius 2 is 1.67 bits per heavy atom. The highest BCUT2D eigenvalue weighted by molar-refractivity contribution is 6.35. The number of unbranched alkanes of at least 4 members (excludes halogenated alkanes) is 3. The number of carbonyl (C=O) groups is 2. The van der Waals surface area contributed by atoms with Gasteiger partial charge in [0.25, 0.3) is 0 Å². The molecule has 88 valence electrons. The fraction of sp³-hybridized carbons (Fsp3) is 0.833. The minimum Gasteiger partial charge on any atom is -0.460 e. The van der Waals surface area contributed by atoms with Gasteiger partial charge in [0.05, 0.1) is 6.61 Å². The number of ketones is 1. The van der Waals surface area contributed by atoms with E-state index in [1.165, 1.54) is 0 Å². The van der Waals surface area contributed by atoms with Crippen LogP contribution in [0.15, 0.2) is 0 Å². The van der Waals surface area contributed by atoms with Crippen LogP contribution in [0, 0.1) is 5.41 Å². The highest BCUT2D eigenvalue weighted by atomic mass is 16.5. The molecule has 0 saturated carbocycles. The van der Waals surface area contributed by atoms with Crippen molar-refractivity contribution in [3.8, 4) is 0 Å². The van der Waals surface area contributed by atoms with Gasteiger partial charge in [-0.3, -0.25) is 4.79 Å². The molecule has 0 aromatic heterocycles. The standard InChI is InChI=1S/C12H22O3/c1-5-6-7-8-9-15-11(14)10(13)12(2,3)4/h5-9H2,1-4H3. The van der Waals surface area contributed by atoms with Crippen LogP contribution in [0.4, 0.5) is 0 Å². The molecule has 0 aromatic carbocycles.